The number of nitrogens with one attached hydrogen (secondary N) is 3. The number of hydrogen-bond acceptors (Lipinski definition) is 4. The summed E-state index contributed by atoms with van der Waals surface area (Å²) in [7, 11) is 0. The van der Waals surface area contributed by atoms with Crippen LogP contribution in [0.25, 0.3) is 0 Å². The van der Waals surface area contributed by atoms with E-state index in [1.54, 1.807) is 0 Å². The van der Waals surface area contributed by atoms with Gasteiger partial charge in [-0.15, -0.1) is 12.4 Å². The van der Waals surface area contributed by atoms with Crippen molar-refractivity contribution < 1.29 is 4.79 Å². The van der Waals surface area contributed by atoms with Crippen LogP contribution in [-0.2, 0) is 13.0 Å². The van der Waals surface area contributed by atoms with Crippen LogP contribution in [0.3, 0.4) is 0 Å². The first kappa shape index (κ1) is 19.9. The molecule has 4 rings (SSSR count). The highest BCUT2D eigenvalue weighted by atomic mass is 35.5. The number of piperidine rings is 1. The molecule has 1 aromatic carbocycles. The lowest BCUT2D eigenvalue weighted by Gasteiger charge is -2.36. The first-order chi connectivity index (χ1) is 12.7. The Hall–Kier alpha value is -1.89. The van der Waals surface area contributed by atoms with Gasteiger partial charge in [-0.1, -0.05) is 30.3 Å². The minimum Gasteiger partial charge on any atom is -0.348 e. The van der Waals surface area contributed by atoms with Crippen molar-refractivity contribution >= 4 is 18.3 Å². The second-order valence-electron chi connectivity index (χ2n) is 7.33. The van der Waals surface area contributed by atoms with Gasteiger partial charge in [0.05, 0.1) is 0 Å². The van der Waals surface area contributed by atoms with Crippen molar-refractivity contribution in [2.24, 2.45) is 0 Å². The number of fused-ring (bicyclic) bond motifs is 1. The van der Waals surface area contributed by atoms with E-state index in [1.807, 2.05) is 0 Å². The SMILES string of the molecule is CC(c1ccccc1)N1CCC(NC(=O)c2n[nH]c3c2CNCC3)CC1.Cl. The molecule has 1 aromatic heterocycles. The summed E-state index contributed by atoms with van der Waals surface area (Å²) in [5.74, 6) is -0.0410. The van der Waals surface area contributed by atoms with Gasteiger partial charge in [-0.2, -0.15) is 5.10 Å². The molecule has 1 saturated heterocycles. The van der Waals surface area contributed by atoms with E-state index < -0.39 is 0 Å². The summed E-state index contributed by atoms with van der Waals surface area (Å²) in [6.07, 6.45) is 2.87. The van der Waals surface area contributed by atoms with Gasteiger partial charge < -0.3 is 10.6 Å². The monoisotopic (exact) mass is 389 g/mol. The molecular weight excluding hydrogens is 362 g/mol. The number of hydrogen-bond donors (Lipinski definition) is 3. The number of H-pyrrole nitrogens is 1. The normalized spacial score (nSPS) is 19.0. The van der Waals surface area contributed by atoms with E-state index in [1.165, 1.54) is 5.56 Å². The molecule has 7 heteroatoms. The van der Waals surface area contributed by atoms with E-state index in [9.17, 15) is 4.79 Å². The molecule has 0 spiro atoms. The molecule has 3 heterocycles. The van der Waals surface area contributed by atoms with Crippen molar-refractivity contribution in [3.8, 4) is 0 Å². The van der Waals surface area contributed by atoms with Gasteiger partial charge in [0.2, 0.25) is 0 Å². The Bertz CT molecular complexity index is 755. The molecule has 27 heavy (non-hydrogen) atoms. The number of aromatic nitrogens is 2. The third-order valence-corrected chi connectivity index (χ3v) is 5.72. The van der Waals surface area contributed by atoms with Crippen LogP contribution < -0.4 is 10.6 Å². The number of nitrogens with zero attached hydrogens (tertiary/aromatic N) is 2. The van der Waals surface area contributed by atoms with E-state index in [0.717, 1.165) is 56.7 Å². The molecule has 0 radical (unpaired) electrons. The fraction of sp³-hybridized carbons (Fsp3) is 0.500. The van der Waals surface area contributed by atoms with Crippen molar-refractivity contribution in [2.75, 3.05) is 19.6 Å². The lowest BCUT2D eigenvalue weighted by atomic mass is 9.99. The van der Waals surface area contributed by atoms with Gasteiger partial charge in [0.15, 0.2) is 5.69 Å². The average Bonchev–Trinajstić information content (AvgIpc) is 3.13. The Morgan fingerprint density at radius 2 is 2.00 bits per heavy atom. The van der Waals surface area contributed by atoms with Gasteiger partial charge in [0, 0.05) is 55.9 Å². The second-order valence-corrected chi connectivity index (χ2v) is 7.33. The number of carbonyl (C=O) groups is 1. The molecule has 0 aliphatic carbocycles. The number of rotatable bonds is 4. The summed E-state index contributed by atoms with van der Waals surface area (Å²) in [6.45, 7) is 5.93. The summed E-state index contributed by atoms with van der Waals surface area (Å²) in [4.78, 5) is 15.1. The van der Waals surface area contributed by atoms with Crippen LogP contribution in [0.2, 0.25) is 0 Å². The zero-order valence-electron chi connectivity index (χ0n) is 15.7. The molecule has 1 unspecified atom stereocenters. The van der Waals surface area contributed by atoms with Crippen LogP contribution >= 0.6 is 12.4 Å². The Balaban J connectivity index is 0.00000210. The van der Waals surface area contributed by atoms with Crippen LogP contribution in [0.1, 0.15) is 53.1 Å². The molecule has 2 aliphatic rings. The van der Waals surface area contributed by atoms with E-state index >= 15 is 0 Å². The van der Waals surface area contributed by atoms with Gasteiger partial charge in [0.1, 0.15) is 0 Å². The Morgan fingerprint density at radius 1 is 1.26 bits per heavy atom. The smallest absolute Gasteiger partial charge is 0.272 e. The van der Waals surface area contributed by atoms with Crippen LogP contribution in [-0.4, -0.2) is 46.7 Å². The van der Waals surface area contributed by atoms with Crippen molar-refractivity contribution in [1.82, 2.24) is 25.7 Å². The molecule has 1 amide bonds. The fourth-order valence-corrected chi connectivity index (χ4v) is 4.04. The van der Waals surface area contributed by atoms with E-state index in [0.29, 0.717) is 11.7 Å². The van der Waals surface area contributed by atoms with Gasteiger partial charge >= 0.3 is 0 Å². The standard InChI is InChI=1S/C20H27N5O.ClH/c1-14(15-5-3-2-4-6-15)25-11-8-16(9-12-25)22-20(26)19-17-13-21-10-7-18(17)23-24-19;/h2-6,14,16,21H,7-13H2,1H3,(H,22,26)(H,23,24);1H. The first-order valence-corrected chi connectivity index (χ1v) is 9.59. The number of aromatic amines is 1. The fourth-order valence-electron chi connectivity index (χ4n) is 4.04. The molecule has 1 fully saturated rings. The van der Waals surface area contributed by atoms with Crippen LogP contribution in [0, 0.1) is 0 Å². The number of carbonyl (C=O) groups excluding carboxylic acids is 1. The molecule has 146 valence electrons. The lowest BCUT2D eigenvalue weighted by molar-refractivity contribution is 0.0890. The maximum absolute atomic E-state index is 12.6. The summed E-state index contributed by atoms with van der Waals surface area (Å²) < 4.78 is 0. The molecule has 0 bridgehead atoms. The molecule has 1 atom stereocenters. The Kier molecular flexibility index (Phi) is 6.52. The molecule has 0 saturated carbocycles. The molecule has 2 aliphatic heterocycles. The first-order valence-electron chi connectivity index (χ1n) is 9.59. The minimum atomic E-state index is -0.0410. The lowest BCUT2D eigenvalue weighted by Crippen LogP contribution is -2.45. The summed E-state index contributed by atoms with van der Waals surface area (Å²) in [6, 6.07) is 11.3. The zero-order valence-corrected chi connectivity index (χ0v) is 16.5. The van der Waals surface area contributed by atoms with Crippen molar-refractivity contribution in [3.05, 3.63) is 52.8 Å². The second kappa shape index (κ2) is 8.87. The average molecular weight is 390 g/mol. The van der Waals surface area contributed by atoms with Crippen molar-refractivity contribution in [2.45, 2.75) is 44.8 Å². The predicted octanol–water partition coefficient (Wildman–Crippen LogP) is 2.43. The minimum absolute atomic E-state index is 0. The Labute approximate surface area is 166 Å². The number of amides is 1. The van der Waals surface area contributed by atoms with Crippen molar-refractivity contribution in [3.63, 3.8) is 0 Å². The highest BCUT2D eigenvalue weighted by Crippen LogP contribution is 2.24. The zero-order chi connectivity index (χ0) is 17.9. The third kappa shape index (κ3) is 4.34. The summed E-state index contributed by atoms with van der Waals surface area (Å²) in [5, 5.41) is 13.8. The largest absolute Gasteiger partial charge is 0.348 e. The quantitative estimate of drug-likeness (QED) is 0.750. The molecule has 3 N–H and O–H groups in total. The van der Waals surface area contributed by atoms with Gasteiger partial charge in [-0.05, 0) is 25.3 Å². The maximum Gasteiger partial charge on any atom is 0.272 e. The van der Waals surface area contributed by atoms with Crippen molar-refractivity contribution in [1.29, 1.82) is 0 Å². The number of likely N-dealkylation sites (tertiary alicyclic amines) is 1. The molecule has 6 nitrogen and oxygen atoms in total. The van der Waals surface area contributed by atoms with Gasteiger partial charge in [-0.25, -0.2) is 0 Å². The third-order valence-electron chi connectivity index (χ3n) is 5.72. The van der Waals surface area contributed by atoms with Gasteiger partial charge in [0.25, 0.3) is 5.91 Å². The molecule has 2 aromatic rings. The number of halogens is 1. The Morgan fingerprint density at radius 3 is 2.74 bits per heavy atom. The predicted molar refractivity (Wildman–Crippen MR) is 108 cm³/mol. The van der Waals surface area contributed by atoms with Gasteiger partial charge in [-0.3, -0.25) is 14.8 Å². The number of benzene rings is 1. The van der Waals surface area contributed by atoms with E-state index in [4.69, 9.17) is 0 Å². The summed E-state index contributed by atoms with van der Waals surface area (Å²) >= 11 is 0. The van der Waals surface area contributed by atoms with E-state index in [2.05, 4.69) is 63.0 Å². The summed E-state index contributed by atoms with van der Waals surface area (Å²) in [5.41, 5.74) is 4.04. The molecular formula is C20H28ClN5O. The maximum atomic E-state index is 12.6. The highest BCUT2D eigenvalue weighted by molar-refractivity contribution is 5.94. The van der Waals surface area contributed by atoms with Crippen LogP contribution in [0.5, 0.6) is 0 Å². The topological polar surface area (TPSA) is 73.0 Å². The van der Waals surface area contributed by atoms with Crippen LogP contribution in [0.15, 0.2) is 30.3 Å². The van der Waals surface area contributed by atoms with Crippen LogP contribution in [0.4, 0.5) is 0 Å². The highest BCUT2D eigenvalue weighted by Gasteiger charge is 2.27. The van der Waals surface area contributed by atoms with E-state index in [-0.39, 0.29) is 24.4 Å².